The van der Waals surface area contributed by atoms with Crippen LogP contribution in [0.2, 0.25) is 38.8 Å². The molecule has 2 nitrogen and oxygen atoms in total. The van der Waals surface area contributed by atoms with Gasteiger partial charge in [0, 0.05) is 6.92 Å². The molecule has 0 atom stereocenters. The second-order valence-electron chi connectivity index (χ2n) is 7.18. The predicted octanol–water partition coefficient (Wildman–Crippen LogP) is 5.82. The number of hydrogen-bond acceptors (Lipinski definition) is 2. The maximum Gasteiger partial charge on any atom is 0.246 e. The molecule has 0 aromatic heterocycles. The number of rotatable bonds is 9. The number of unbranched alkanes of at least 4 members (excludes halogenated alkanes) is 5. The summed E-state index contributed by atoms with van der Waals surface area (Å²) in [5.74, 6) is 0.932. The molecule has 4 heteroatoms. The van der Waals surface area contributed by atoms with E-state index in [-0.39, 0.29) is 0 Å². The summed E-state index contributed by atoms with van der Waals surface area (Å²) >= 11 is 0. The first-order valence-electron chi connectivity index (χ1n) is 7.92. The van der Waals surface area contributed by atoms with Crippen LogP contribution in [-0.4, -0.2) is 22.5 Å². The normalized spacial score (nSPS) is 13.7. The molecule has 114 valence electrons. The summed E-state index contributed by atoms with van der Waals surface area (Å²) in [5.41, 5.74) is 0. The van der Waals surface area contributed by atoms with Crippen LogP contribution in [0.4, 0.5) is 0 Å². The fourth-order valence-electron chi connectivity index (χ4n) is 2.28. The third kappa shape index (κ3) is 12.7. The van der Waals surface area contributed by atoms with Gasteiger partial charge in [-0.2, -0.15) is 0 Å². The molecule has 0 saturated carbocycles. The number of nitrogens with zero attached hydrogens (tertiary/aromatic N) is 1. The zero-order valence-corrected chi connectivity index (χ0v) is 16.3. The lowest BCUT2D eigenvalue weighted by atomic mass is 10.1. The summed E-state index contributed by atoms with van der Waals surface area (Å²) in [6, 6.07) is 1.26. The molecule has 0 unspecified atom stereocenters. The van der Waals surface area contributed by atoms with Crippen LogP contribution in [0.5, 0.6) is 0 Å². The highest BCUT2D eigenvalue weighted by molar-refractivity contribution is 6.76. The Kier molecular flexibility index (Phi) is 8.91. The van der Waals surface area contributed by atoms with E-state index in [2.05, 4.69) is 39.7 Å². The lowest BCUT2D eigenvalue weighted by Gasteiger charge is -2.25. The van der Waals surface area contributed by atoms with Gasteiger partial charge >= 0.3 is 0 Å². The van der Waals surface area contributed by atoms with E-state index in [1.54, 1.807) is 0 Å². The fraction of sp³-hybridized carbons (Fsp3) is 0.933. The van der Waals surface area contributed by atoms with Gasteiger partial charge in [-0.1, -0.05) is 45.4 Å². The third-order valence-electron chi connectivity index (χ3n) is 3.05. The zero-order valence-electron chi connectivity index (χ0n) is 14.3. The molecule has 0 aromatic carbocycles. The predicted molar refractivity (Wildman–Crippen MR) is 93.2 cm³/mol. The first-order chi connectivity index (χ1) is 8.66. The van der Waals surface area contributed by atoms with E-state index >= 15 is 0 Å². The molecule has 0 aromatic rings. The van der Waals surface area contributed by atoms with Gasteiger partial charge in [-0.3, -0.25) is 4.66 Å². The van der Waals surface area contributed by atoms with Crippen molar-refractivity contribution >= 4 is 22.5 Å². The Labute approximate surface area is 123 Å². The molecule has 0 spiro atoms. The Morgan fingerprint density at radius 1 is 0.895 bits per heavy atom. The lowest BCUT2D eigenvalue weighted by molar-refractivity contribution is 0.527. The lowest BCUT2D eigenvalue weighted by Crippen LogP contribution is -2.33. The molecule has 19 heavy (non-hydrogen) atoms. The maximum absolute atomic E-state index is 6.17. The van der Waals surface area contributed by atoms with Crippen LogP contribution in [0, 0.1) is 0 Å². The van der Waals surface area contributed by atoms with Crippen LogP contribution in [-0.2, 0) is 4.43 Å². The average Bonchev–Trinajstić information content (AvgIpc) is 2.19. The second-order valence-corrected chi connectivity index (χ2v) is 16.0. The molecule has 0 radical (unpaired) electrons. The smallest absolute Gasteiger partial charge is 0.246 e. The van der Waals surface area contributed by atoms with E-state index in [0.717, 1.165) is 5.90 Å². The summed E-state index contributed by atoms with van der Waals surface area (Å²) in [5, 5.41) is 0. The average molecular weight is 302 g/mol. The van der Waals surface area contributed by atoms with Crippen LogP contribution < -0.4 is 0 Å². The van der Waals surface area contributed by atoms with E-state index in [0.29, 0.717) is 0 Å². The molecule has 0 aliphatic carbocycles. The molecule has 0 aliphatic heterocycles. The first kappa shape index (κ1) is 18.9. The first-order valence-corrected chi connectivity index (χ1v) is 14.5. The highest BCUT2D eigenvalue weighted by Gasteiger charge is 2.25. The highest BCUT2D eigenvalue weighted by Crippen LogP contribution is 2.18. The van der Waals surface area contributed by atoms with Gasteiger partial charge in [0.25, 0.3) is 0 Å². The van der Waals surface area contributed by atoms with Crippen LogP contribution in [0.3, 0.4) is 0 Å². The van der Waals surface area contributed by atoms with Crippen molar-refractivity contribution in [1.82, 2.24) is 0 Å². The van der Waals surface area contributed by atoms with Crippen molar-refractivity contribution in [1.29, 1.82) is 0 Å². The van der Waals surface area contributed by atoms with Gasteiger partial charge in [-0.15, -0.1) is 0 Å². The molecule has 0 heterocycles. The summed E-state index contributed by atoms with van der Waals surface area (Å²) in [6.07, 6.45) is 8.19. The largest absolute Gasteiger partial charge is 0.535 e. The molecule has 0 saturated heterocycles. The Balaban J connectivity index is 3.95. The van der Waals surface area contributed by atoms with Crippen LogP contribution in [0.1, 0.15) is 52.4 Å². The van der Waals surface area contributed by atoms with Gasteiger partial charge in [0.2, 0.25) is 8.32 Å². The third-order valence-corrected chi connectivity index (χ3v) is 6.44. The molecular weight excluding hydrogens is 266 g/mol. The van der Waals surface area contributed by atoms with E-state index in [9.17, 15) is 0 Å². The molecule has 0 N–H and O–H groups in total. The van der Waals surface area contributed by atoms with E-state index < -0.39 is 16.6 Å². The Hall–Kier alpha value is -0.0962. The zero-order chi connectivity index (χ0) is 14.9. The van der Waals surface area contributed by atoms with Gasteiger partial charge in [-0.25, -0.2) is 0 Å². The minimum Gasteiger partial charge on any atom is -0.535 e. The summed E-state index contributed by atoms with van der Waals surface area (Å²) < 4.78 is 10.9. The van der Waals surface area contributed by atoms with Gasteiger partial charge in [0.05, 0.1) is 0 Å². The fourth-order valence-corrected chi connectivity index (χ4v) is 5.41. The van der Waals surface area contributed by atoms with Gasteiger partial charge in [0.1, 0.15) is 0 Å². The van der Waals surface area contributed by atoms with Gasteiger partial charge in [-0.05, 0) is 38.8 Å². The molecule has 0 aliphatic rings. The minimum absolute atomic E-state index is 0.932. The quantitative estimate of drug-likeness (QED) is 0.227. The summed E-state index contributed by atoms with van der Waals surface area (Å²) in [6.45, 7) is 15.7. The van der Waals surface area contributed by atoms with Gasteiger partial charge in [0.15, 0.2) is 14.1 Å². The van der Waals surface area contributed by atoms with E-state index in [1.165, 1.54) is 44.6 Å². The van der Waals surface area contributed by atoms with Crippen molar-refractivity contribution in [3.8, 4) is 0 Å². The second kappa shape index (κ2) is 8.95. The molecule has 0 amide bonds. The summed E-state index contributed by atoms with van der Waals surface area (Å²) in [7, 11) is -2.93. The monoisotopic (exact) mass is 301 g/mol. The van der Waals surface area contributed by atoms with E-state index in [4.69, 9.17) is 9.08 Å². The molecule has 0 fully saturated rings. The molecular formula is C15H35NOSi2. The Bertz CT molecular complexity index is 270. The Morgan fingerprint density at radius 3 is 1.95 bits per heavy atom. The molecule has 0 rings (SSSR count). The van der Waals surface area contributed by atoms with Crippen molar-refractivity contribution in [2.24, 2.45) is 4.66 Å². The topological polar surface area (TPSA) is 21.6 Å². The van der Waals surface area contributed by atoms with Crippen molar-refractivity contribution in [3.05, 3.63) is 0 Å². The van der Waals surface area contributed by atoms with Crippen LogP contribution in [0.25, 0.3) is 0 Å². The SMILES string of the molecule is CCCCCCCC[Si](C)(C)OC(C)=N[Si](C)(C)C. The standard InChI is InChI=1S/C15H35NOSi2/c1-8-9-10-11-12-13-14-19(6,7)17-15(2)16-18(3,4)5/h8-14H2,1-7H3. The molecule has 0 bridgehead atoms. The maximum atomic E-state index is 6.17. The van der Waals surface area contributed by atoms with E-state index in [1.807, 2.05) is 6.92 Å². The van der Waals surface area contributed by atoms with Crippen molar-refractivity contribution in [3.63, 3.8) is 0 Å². The highest BCUT2D eigenvalue weighted by atomic mass is 28.4. The van der Waals surface area contributed by atoms with Gasteiger partial charge < -0.3 is 4.43 Å². The summed E-state index contributed by atoms with van der Waals surface area (Å²) in [4.78, 5) is 0. The van der Waals surface area contributed by atoms with Crippen LogP contribution >= 0.6 is 0 Å². The Morgan fingerprint density at radius 2 is 1.42 bits per heavy atom. The number of hydrogen-bond donors (Lipinski definition) is 0. The minimum atomic E-state index is -1.54. The van der Waals surface area contributed by atoms with Crippen molar-refractivity contribution < 1.29 is 4.43 Å². The van der Waals surface area contributed by atoms with Crippen molar-refractivity contribution in [2.75, 3.05) is 0 Å². The van der Waals surface area contributed by atoms with Crippen molar-refractivity contribution in [2.45, 2.75) is 91.2 Å². The van der Waals surface area contributed by atoms with Crippen LogP contribution in [0.15, 0.2) is 4.66 Å².